The van der Waals surface area contributed by atoms with Gasteiger partial charge in [0.05, 0.1) is 5.71 Å². The summed E-state index contributed by atoms with van der Waals surface area (Å²) in [5.74, 6) is -0.166. The molecule has 1 aromatic carbocycles. The summed E-state index contributed by atoms with van der Waals surface area (Å²) in [5, 5.41) is 7.61. The molecule has 0 aromatic heterocycles. The Labute approximate surface area is 165 Å². The van der Waals surface area contributed by atoms with Crippen LogP contribution >= 0.6 is 11.6 Å². The fourth-order valence-corrected chi connectivity index (χ4v) is 2.97. The van der Waals surface area contributed by atoms with Crippen LogP contribution in [0, 0.1) is 12.8 Å². The lowest BCUT2D eigenvalue weighted by Gasteiger charge is -2.22. The van der Waals surface area contributed by atoms with Crippen LogP contribution in [0.25, 0.3) is 0 Å². The number of carbonyl (C=O) groups excluding carboxylic acids is 2. The highest BCUT2D eigenvalue weighted by Gasteiger charge is 2.19. The third kappa shape index (κ3) is 6.07. The van der Waals surface area contributed by atoms with Gasteiger partial charge in [-0.1, -0.05) is 35.9 Å². The number of hydrazone groups is 1. The van der Waals surface area contributed by atoms with Gasteiger partial charge >= 0.3 is 0 Å². The summed E-state index contributed by atoms with van der Waals surface area (Å²) < 4.78 is 0. The maximum atomic E-state index is 12.1. The molecule has 0 heterocycles. The van der Waals surface area contributed by atoms with E-state index >= 15 is 0 Å². The van der Waals surface area contributed by atoms with Crippen molar-refractivity contribution in [2.24, 2.45) is 11.0 Å². The number of halogens is 1. The zero-order valence-electron chi connectivity index (χ0n) is 16.1. The number of benzene rings is 1. The molecule has 6 heteroatoms. The molecule has 5 nitrogen and oxygen atoms in total. The predicted octanol–water partition coefficient (Wildman–Crippen LogP) is 4.77. The van der Waals surface area contributed by atoms with E-state index in [9.17, 15) is 9.59 Å². The summed E-state index contributed by atoms with van der Waals surface area (Å²) in [6, 6.07) is 5.31. The van der Waals surface area contributed by atoms with Gasteiger partial charge < -0.3 is 5.32 Å². The normalized spacial score (nSPS) is 18.0. The summed E-state index contributed by atoms with van der Waals surface area (Å²) in [6.07, 6.45) is 3.99. The number of anilines is 1. The van der Waals surface area contributed by atoms with Gasteiger partial charge in [0, 0.05) is 23.6 Å². The zero-order valence-corrected chi connectivity index (χ0v) is 16.8. The lowest BCUT2D eigenvalue weighted by molar-refractivity contribution is -0.124. The summed E-state index contributed by atoms with van der Waals surface area (Å²) in [4.78, 5) is 24.1. The molecule has 0 saturated carbocycles. The molecule has 2 amide bonds. The fraction of sp³-hybridized carbons (Fsp3) is 0.381. The highest BCUT2D eigenvalue weighted by atomic mass is 35.5. The maximum absolute atomic E-state index is 12.1. The first kappa shape index (κ1) is 20.9. The van der Waals surface area contributed by atoms with Crippen molar-refractivity contribution in [2.45, 2.75) is 46.5 Å². The minimum atomic E-state index is -0.286. The number of nitrogens with one attached hydrogen (secondary N) is 2. The topological polar surface area (TPSA) is 70.6 Å². The quantitative estimate of drug-likeness (QED) is 0.545. The molecule has 0 saturated heterocycles. The van der Waals surface area contributed by atoms with Gasteiger partial charge in [0.2, 0.25) is 11.8 Å². The van der Waals surface area contributed by atoms with Crippen LogP contribution in [0.15, 0.2) is 47.1 Å². The van der Waals surface area contributed by atoms with Crippen molar-refractivity contribution in [1.82, 2.24) is 5.43 Å². The molecule has 0 fully saturated rings. The van der Waals surface area contributed by atoms with E-state index in [0.29, 0.717) is 16.6 Å². The predicted molar refractivity (Wildman–Crippen MR) is 111 cm³/mol. The van der Waals surface area contributed by atoms with Gasteiger partial charge in [0.15, 0.2) is 0 Å². The summed E-state index contributed by atoms with van der Waals surface area (Å²) in [7, 11) is 0. The van der Waals surface area contributed by atoms with Crippen LogP contribution in [0.1, 0.15) is 45.1 Å². The molecule has 0 bridgehead atoms. The molecule has 1 aliphatic rings. The van der Waals surface area contributed by atoms with E-state index in [2.05, 4.69) is 28.5 Å². The second kappa shape index (κ2) is 9.51. The Morgan fingerprint density at radius 1 is 1.26 bits per heavy atom. The molecular formula is C21H26ClN3O2. The Hall–Kier alpha value is -2.40. The van der Waals surface area contributed by atoms with Gasteiger partial charge in [-0.05, 0) is 62.8 Å². The Kier molecular flexibility index (Phi) is 7.36. The second-order valence-electron chi connectivity index (χ2n) is 6.92. The van der Waals surface area contributed by atoms with Crippen molar-refractivity contribution in [3.63, 3.8) is 0 Å². The first-order chi connectivity index (χ1) is 12.8. The maximum Gasteiger partial charge on any atom is 0.240 e. The van der Waals surface area contributed by atoms with Crippen LogP contribution in [-0.4, -0.2) is 17.5 Å². The van der Waals surface area contributed by atoms with Crippen LogP contribution in [0.3, 0.4) is 0 Å². The number of amides is 2. The molecule has 2 rings (SSSR count). The Morgan fingerprint density at radius 2 is 1.96 bits per heavy atom. The van der Waals surface area contributed by atoms with E-state index in [0.717, 1.165) is 35.3 Å². The van der Waals surface area contributed by atoms with Gasteiger partial charge in [-0.3, -0.25) is 9.59 Å². The minimum Gasteiger partial charge on any atom is -0.326 e. The molecule has 1 aliphatic carbocycles. The van der Waals surface area contributed by atoms with Crippen molar-refractivity contribution in [3.8, 4) is 0 Å². The SMILES string of the molecule is C=C(C)[C@H]1CC=C(C)/C(=N/NC(=O)CCC(=O)Nc2cccc(Cl)c2C)C1. The summed E-state index contributed by atoms with van der Waals surface area (Å²) >= 11 is 6.04. The van der Waals surface area contributed by atoms with Gasteiger partial charge in [-0.2, -0.15) is 5.10 Å². The lowest BCUT2D eigenvalue weighted by Crippen LogP contribution is -2.24. The second-order valence-corrected chi connectivity index (χ2v) is 7.33. The molecule has 27 heavy (non-hydrogen) atoms. The molecule has 1 aromatic rings. The molecule has 144 valence electrons. The van der Waals surface area contributed by atoms with Gasteiger partial charge in [0.25, 0.3) is 0 Å². The van der Waals surface area contributed by atoms with E-state index in [1.54, 1.807) is 18.2 Å². The number of carbonyl (C=O) groups is 2. The van der Waals surface area contributed by atoms with E-state index in [-0.39, 0.29) is 24.7 Å². The van der Waals surface area contributed by atoms with Crippen LogP contribution in [-0.2, 0) is 9.59 Å². The van der Waals surface area contributed by atoms with Crippen LogP contribution in [0.5, 0.6) is 0 Å². The highest BCUT2D eigenvalue weighted by molar-refractivity contribution is 6.31. The molecule has 2 N–H and O–H groups in total. The van der Waals surface area contributed by atoms with Crippen LogP contribution in [0.2, 0.25) is 5.02 Å². The standard InChI is InChI=1S/C21H26ClN3O2/c1-13(2)16-9-8-14(3)19(12-16)24-25-21(27)11-10-20(26)23-18-7-5-6-17(22)15(18)4/h5-8,16H,1,9-12H2,2-4H3,(H,23,26)(H,25,27)/b24-19+/t16-/m0/s1. The summed E-state index contributed by atoms with van der Waals surface area (Å²) in [5.41, 5.74) is 7.07. The van der Waals surface area contributed by atoms with Crippen molar-refractivity contribution in [2.75, 3.05) is 5.32 Å². The third-order valence-electron chi connectivity index (χ3n) is 4.74. The van der Waals surface area contributed by atoms with E-state index in [4.69, 9.17) is 11.6 Å². The largest absolute Gasteiger partial charge is 0.326 e. The van der Waals surface area contributed by atoms with Crippen molar-refractivity contribution >= 4 is 34.8 Å². The number of nitrogens with zero attached hydrogens (tertiary/aromatic N) is 1. The number of allylic oxidation sites excluding steroid dienone is 3. The van der Waals surface area contributed by atoms with Crippen molar-refractivity contribution < 1.29 is 9.59 Å². The first-order valence-electron chi connectivity index (χ1n) is 9.00. The van der Waals surface area contributed by atoms with Gasteiger partial charge in [0.1, 0.15) is 0 Å². The Balaban J connectivity index is 1.84. The van der Waals surface area contributed by atoms with Crippen molar-refractivity contribution in [3.05, 3.63) is 52.6 Å². The summed E-state index contributed by atoms with van der Waals surface area (Å²) in [6.45, 7) is 9.83. The van der Waals surface area contributed by atoms with E-state index in [1.807, 2.05) is 20.8 Å². The van der Waals surface area contributed by atoms with E-state index in [1.165, 1.54) is 0 Å². The van der Waals surface area contributed by atoms with Gasteiger partial charge in [-0.15, -0.1) is 0 Å². The number of hydrogen-bond donors (Lipinski definition) is 2. The minimum absolute atomic E-state index is 0.0644. The smallest absolute Gasteiger partial charge is 0.240 e. The molecule has 0 aliphatic heterocycles. The molecule has 1 atom stereocenters. The average Bonchev–Trinajstić information content (AvgIpc) is 2.63. The van der Waals surface area contributed by atoms with Crippen LogP contribution < -0.4 is 10.7 Å². The third-order valence-corrected chi connectivity index (χ3v) is 5.15. The highest BCUT2D eigenvalue weighted by Crippen LogP contribution is 2.26. The molecule has 0 spiro atoms. The van der Waals surface area contributed by atoms with Crippen molar-refractivity contribution in [1.29, 1.82) is 0 Å². The Bertz CT molecular complexity index is 812. The average molecular weight is 388 g/mol. The lowest BCUT2D eigenvalue weighted by atomic mass is 9.85. The fourth-order valence-electron chi connectivity index (χ4n) is 2.79. The Morgan fingerprint density at radius 3 is 2.67 bits per heavy atom. The molecule has 0 unspecified atom stereocenters. The molecule has 0 radical (unpaired) electrons. The monoisotopic (exact) mass is 387 g/mol. The zero-order chi connectivity index (χ0) is 20.0. The first-order valence-corrected chi connectivity index (χ1v) is 9.38. The van der Waals surface area contributed by atoms with E-state index < -0.39 is 0 Å². The number of rotatable bonds is 6. The molecular weight excluding hydrogens is 362 g/mol. The number of hydrogen-bond acceptors (Lipinski definition) is 3. The van der Waals surface area contributed by atoms with Gasteiger partial charge in [-0.25, -0.2) is 5.43 Å². The van der Waals surface area contributed by atoms with Crippen LogP contribution in [0.4, 0.5) is 5.69 Å².